The molecule has 0 atom stereocenters. The second-order valence-corrected chi connectivity index (χ2v) is 8.18. The molecule has 31 heavy (non-hydrogen) atoms. The monoisotopic (exact) mass is 437 g/mol. The first-order valence-electron chi connectivity index (χ1n) is 10.1. The number of benzene rings is 2. The van der Waals surface area contributed by atoms with Crippen LogP contribution >= 0.6 is 11.3 Å². The number of fused-ring (bicyclic) bond motifs is 1. The highest BCUT2D eigenvalue weighted by atomic mass is 32.1. The second-order valence-electron chi connectivity index (χ2n) is 6.98. The molecule has 160 valence electrons. The van der Waals surface area contributed by atoms with E-state index in [0.717, 1.165) is 21.9 Å². The molecule has 1 N–H and O–H groups in total. The first kappa shape index (κ1) is 20.9. The highest BCUT2D eigenvalue weighted by Gasteiger charge is 2.25. The number of hydrogen-bond donors (Lipinski definition) is 1. The van der Waals surface area contributed by atoms with Crippen LogP contribution < -0.4 is 19.7 Å². The maximum atomic E-state index is 12.5. The molecule has 2 aromatic carbocycles. The SMILES string of the molecule is CCOc1ccc(-c2nc(NC(=O)CCN3C(=O)COc4ccccc43)sc2C)cc1. The molecule has 0 bridgehead atoms. The van der Waals surface area contributed by atoms with Gasteiger partial charge in [0.1, 0.15) is 11.5 Å². The smallest absolute Gasteiger partial charge is 0.265 e. The summed E-state index contributed by atoms with van der Waals surface area (Å²) in [6.45, 7) is 4.80. The molecular formula is C23H23N3O4S. The van der Waals surface area contributed by atoms with Crippen molar-refractivity contribution in [1.82, 2.24) is 4.98 Å². The zero-order chi connectivity index (χ0) is 21.8. The number of aryl methyl sites for hydroxylation is 1. The van der Waals surface area contributed by atoms with Crippen molar-refractivity contribution in [2.24, 2.45) is 0 Å². The van der Waals surface area contributed by atoms with Crippen molar-refractivity contribution in [3.63, 3.8) is 0 Å². The third kappa shape index (κ3) is 4.69. The molecule has 0 spiro atoms. The molecule has 7 nitrogen and oxygen atoms in total. The number of nitrogens with zero attached hydrogens (tertiary/aromatic N) is 2. The number of rotatable bonds is 7. The van der Waals surface area contributed by atoms with Crippen LogP contribution in [0.1, 0.15) is 18.2 Å². The summed E-state index contributed by atoms with van der Waals surface area (Å²) < 4.78 is 10.9. The van der Waals surface area contributed by atoms with Crippen LogP contribution in [-0.4, -0.2) is 36.6 Å². The van der Waals surface area contributed by atoms with Crippen molar-refractivity contribution in [3.8, 4) is 22.8 Å². The molecule has 2 heterocycles. The maximum Gasteiger partial charge on any atom is 0.265 e. The molecule has 8 heteroatoms. The van der Waals surface area contributed by atoms with Crippen LogP contribution in [0.15, 0.2) is 48.5 Å². The lowest BCUT2D eigenvalue weighted by Gasteiger charge is -2.29. The van der Waals surface area contributed by atoms with Gasteiger partial charge in [-0.3, -0.25) is 9.59 Å². The molecule has 0 aliphatic carbocycles. The summed E-state index contributed by atoms with van der Waals surface area (Å²) in [4.78, 5) is 32.0. The number of amides is 2. The molecule has 3 aromatic rings. The molecule has 0 fully saturated rings. The van der Waals surface area contributed by atoms with Crippen LogP contribution in [0.4, 0.5) is 10.8 Å². The van der Waals surface area contributed by atoms with E-state index in [1.54, 1.807) is 4.90 Å². The molecule has 1 aliphatic heterocycles. The number of carbonyl (C=O) groups excluding carboxylic acids is 2. The summed E-state index contributed by atoms with van der Waals surface area (Å²) in [5.74, 6) is 1.11. The minimum atomic E-state index is -0.191. The first-order chi connectivity index (χ1) is 15.0. The lowest BCUT2D eigenvalue weighted by atomic mass is 10.1. The van der Waals surface area contributed by atoms with E-state index in [2.05, 4.69) is 10.3 Å². The van der Waals surface area contributed by atoms with Gasteiger partial charge in [-0.1, -0.05) is 12.1 Å². The van der Waals surface area contributed by atoms with Gasteiger partial charge in [0, 0.05) is 23.4 Å². The van der Waals surface area contributed by atoms with E-state index >= 15 is 0 Å². The Morgan fingerprint density at radius 3 is 2.77 bits per heavy atom. The Morgan fingerprint density at radius 1 is 1.23 bits per heavy atom. The standard InChI is InChI=1S/C23H23N3O4S/c1-3-29-17-10-8-16(9-11-17)22-15(2)31-23(25-22)24-20(27)12-13-26-18-6-4-5-7-19(18)30-14-21(26)28/h4-11H,3,12-14H2,1-2H3,(H,24,25,27). The summed E-state index contributed by atoms with van der Waals surface area (Å²) >= 11 is 1.43. The third-order valence-corrected chi connectivity index (χ3v) is 5.74. The average molecular weight is 438 g/mol. The van der Waals surface area contributed by atoms with Gasteiger partial charge >= 0.3 is 0 Å². The third-order valence-electron chi connectivity index (χ3n) is 4.85. The van der Waals surface area contributed by atoms with E-state index in [1.807, 2.05) is 62.4 Å². The van der Waals surface area contributed by atoms with E-state index in [1.165, 1.54) is 11.3 Å². The number of hydrogen-bond acceptors (Lipinski definition) is 6. The summed E-state index contributed by atoms with van der Waals surface area (Å²) in [5, 5.41) is 3.40. The van der Waals surface area contributed by atoms with Crippen LogP contribution in [0.2, 0.25) is 0 Å². The summed E-state index contributed by atoms with van der Waals surface area (Å²) in [7, 11) is 0. The van der Waals surface area contributed by atoms with Crippen LogP contribution in [0.5, 0.6) is 11.5 Å². The van der Waals surface area contributed by atoms with Gasteiger partial charge in [0.05, 0.1) is 18.0 Å². The zero-order valence-corrected chi connectivity index (χ0v) is 18.2. The van der Waals surface area contributed by atoms with E-state index in [9.17, 15) is 9.59 Å². The van der Waals surface area contributed by atoms with Crippen molar-refractivity contribution in [2.45, 2.75) is 20.3 Å². The molecule has 1 aromatic heterocycles. The Morgan fingerprint density at radius 2 is 2.00 bits per heavy atom. The number of thiazole rings is 1. The van der Waals surface area contributed by atoms with Gasteiger partial charge < -0.3 is 19.7 Å². The fourth-order valence-electron chi connectivity index (χ4n) is 3.39. The Bertz CT molecular complexity index is 1090. The molecular weight excluding hydrogens is 414 g/mol. The molecule has 1 aliphatic rings. The quantitative estimate of drug-likeness (QED) is 0.597. The number of carbonyl (C=O) groups is 2. The first-order valence-corrected chi connectivity index (χ1v) is 10.9. The van der Waals surface area contributed by atoms with Crippen molar-refractivity contribution in [3.05, 3.63) is 53.4 Å². The molecule has 2 amide bonds. The van der Waals surface area contributed by atoms with Gasteiger partial charge in [-0.2, -0.15) is 0 Å². The fourth-order valence-corrected chi connectivity index (χ4v) is 4.24. The van der Waals surface area contributed by atoms with Gasteiger partial charge in [0.25, 0.3) is 5.91 Å². The van der Waals surface area contributed by atoms with Crippen molar-refractivity contribution < 1.29 is 19.1 Å². The Hall–Kier alpha value is -3.39. The fraction of sp³-hybridized carbons (Fsp3) is 0.261. The number of nitrogens with one attached hydrogen (secondary N) is 1. The molecule has 0 radical (unpaired) electrons. The highest BCUT2D eigenvalue weighted by molar-refractivity contribution is 7.16. The van der Waals surface area contributed by atoms with Crippen LogP contribution in [-0.2, 0) is 9.59 Å². The lowest BCUT2D eigenvalue weighted by molar-refractivity contribution is -0.121. The number of anilines is 2. The minimum absolute atomic E-state index is 0.0181. The zero-order valence-electron chi connectivity index (χ0n) is 17.4. The highest BCUT2D eigenvalue weighted by Crippen LogP contribution is 2.33. The molecule has 0 unspecified atom stereocenters. The topological polar surface area (TPSA) is 80.8 Å². The van der Waals surface area contributed by atoms with Gasteiger partial charge in [-0.05, 0) is 50.2 Å². The van der Waals surface area contributed by atoms with Crippen LogP contribution in [0.3, 0.4) is 0 Å². The number of para-hydroxylation sites is 2. The predicted molar refractivity (Wildman–Crippen MR) is 121 cm³/mol. The average Bonchev–Trinajstić information content (AvgIpc) is 3.13. The second kappa shape index (κ2) is 9.18. The van der Waals surface area contributed by atoms with Crippen molar-refractivity contribution in [1.29, 1.82) is 0 Å². The van der Waals surface area contributed by atoms with E-state index in [0.29, 0.717) is 23.2 Å². The Labute approximate surface area is 184 Å². The Kier molecular flexibility index (Phi) is 6.18. The number of ether oxygens (including phenoxy) is 2. The molecule has 0 saturated heterocycles. The minimum Gasteiger partial charge on any atom is -0.494 e. The predicted octanol–water partition coefficient (Wildman–Crippen LogP) is 4.27. The lowest BCUT2D eigenvalue weighted by Crippen LogP contribution is -2.40. The summed E-state index contributed by atoms with van der Waals surface area (Å²) in [5.41, 5.74) is 2.49. The van der Waals surface area contributed by atoms with E-state index in [-0.39, 0.29) is 31.4 Å². The van der Waals surface area contributed by atoms with E-state index < -0.39 is 0 Å². The van der Waals surface area contributed by atoms with Gasteiger partial charge in [0.15, 0.2) is 11.7 Å². The van der Waals surface area contributed by atoms with Gasteiger partial charge in [0.2, 0.25) is 5.91 Å². The Balaban J connectivity index is 1.39. The van der Waals surface area contributed by atoms with Crippen molar-refractivity contribution in [2.75, 3.05) is 30.0 Å². The number of aromatic nitrogens is 1. The van der Waals surface area contributed by atoms with Crippen LogP contribution in [0.25, 0.3) is 11.3 Å². The molecule has 0 saturated carbocycles. The normalized spacial score (nSPS) is 12.8. The summed E-state index contributed by atoms with van der Waals surface area (Å²) in [6.07, 6.45) is 0.164. The molecule has 4 rings (SSSR count). The summed E-state index contributed by atoms with van der Waals surface area (Å²) in [6, 6.07) is 15.1. The van der Waals surface area contributed by atoms with E-state index in [4.69, 9.17) is 9.47 Å². The maximum absolute atomic E-state index is 12.5. The largest absolute Gasteiger partial charge is 0.494 e. The van der Waals surface area contributed by atoms with Crippen LogP contribution in [0, 0.1) is 6.92 Å². The van der Waals surface area contributed by atoms with Crippen molar-refractivity contribution >= 4 is 34.0 Å². The van der Waals surface area contributed by atoms with Gasteiger partial charge in [-0.15, -0.1) is 11.3 Å². The van der Waals surface area contributed by atoms with Gasteiger partial charge in [-0.25, -0.2) is 4.98 Å².